The SMILES string of the molecule is CCC(CC)N(CC(C)C)CC(CN)CC(C)C. The van der Waals surface area contributed by atoms with Crippen LogP contribution in [0.3, 0.4) is 0 Å². The third kappa shape index (κ3) is 7.38. The summed E-state index contributed by atoms with van der Waals surface area (Å²) in [5, 5.41) is 0. The van der Waals surface area contributed by atoms with Crippen molar-refractivity contribution in [3.8, 4) is 0 Å². The molecule has 0 aliphatic heterocycles. The molecule has 2 heteroatoms. The van der Waals surface area contributed by atoms with Gasteiger partial charge in [0.15, 0.2) is 0 Å². The van der Waals surface area contributed by atoms with E-state index in [4.69, 9.17) is 5.73 Å². The van der Waals surface area contributed by atoms with Gasteiger partial charge < -0.3 is 5.73 Å². The molecule has 0 spiro atoms. The van der Waals surface area contributed by atoms with Gasteiger partial charge in [-0.15, -0.1) is 0 Å². The van der Waals surface area contributed by atoms with Gasteiger partial charge in [-0.2, -0.15) is 0 Å². The molecule has 2 nitrogen and oxygen atoms in total. The number of nitrogens with two attached hydrogens (primary N) is 1. The first-order valence-electron chi connectivity index (χ1n) is 7.88. The van der Waals surface area contributed by atoms with Gasteiger partial charge in [-0.3, -0.25) is 4.90 Å². The van der Waals surface area contributed by atoms with Crippen molar-refractivity contribution in [2.45, 2.75) is 66.8 Å². The highest BCUT2D eigenvalue weighted by molar-refractivity contribution is 4.75. The predicted octanol–water partition coefficient (Wildman–Crippen LogP) is 3.75. The van der Waals surface area contributed by atoms with Crippen LogP contribution < -0.4 is 5.73 Å². The summed E-state index contributed by atoms with van der Waals surface area (Å²) in [4.78, 5) is 2.69. The number of rotatable bonds is 10. The minimum absolute atomic E-state index is 0.657. The van der Waals surface area contributed by atoms with Gasteiger partial charge in [-0.25, -0.2) is 0 Å². The molecular weight excluding hydrogens is 220 g/mol. The van der Waals surface area contributed by atoms with E-state index in [9.17, 15) is 0 Å². The van der Waals surface area contributed by atoms with E-state index in [1.807, 2.05) is 0 Å². The van der Waals surface area contributed by atoms with E-state index in [0.717, 1.165) is 24.4 Å². The molecule has 0 heterocycles. The van der Waals surface area contributed by atoms with Crippen LogP contribution in [0.2, 0.25) is 0 Å². The summed E-state index contributed by atoms with van der Waals surface area (Å²) in [6, 6.07) is 0.730. The highest BCUT2D eigenvalue weighted by Gasteiger charge is 2.20. The van der Waals surface area contributed by atoms with Crippen LogP contribution in [-0.2, 0) is 0 Å². The van der Waals surface area contributed by atoms with Crippen LogP contribution in [0.15, 0.2) is 0 Å². The molecule has 110 valence electrons. The van der Waals surface area contributed by atoms with E-state index < -0.39 is 0 Å². The van der Waals surface area contributed by atoms with E-state index >= 15 is 0 Å². The second-order valence-electron chi connectivity index (χ2n) is 6.55. The van der Waals surface area contributed by atoms with E-state index in [2.05, 4.69) is 46.4 Å². The average Bonchev–Trinajstić information content (AvgIpc) is 2.28. The van der Waals surface area contributed by atoms with Crippen LogP contribution in [-0.4, -0.2) is 30.6 Å². The lowest BCUT2D eigenvalue weighted by Crippen LogP contribution is -2.42. The topological polar surface area (TPSA) is 29.3 Å². The molecule has 0 aromatic heterocycles. The lowest BCUT2D eigenvalue weighted by Gasteiger charge is -2.35. The summed E-state index contributed by atoms with van der Waals surface area (Å²) < 4.78 is 0. The highest BCUT2D eigenvalue weighted by Crippen LogP contribution is 2.17. The van der Waals surface area contributed by atoms with E-state index in [0.29, 0.717) is 5.92 Å². The van der Waals surface area contributed by atoms with Crippen molar-refractivity contribution < 1.29 is 0 Å². The molecular formula is C16H36N2. The largest absolute Gasteiger partial charge is 0.330 e. The van der Waals surface area contributed by atoms with Gasteiger partial charge in [0.2, 0.25) is 0 Å². The third-order valence-electron chi connectivity index (χ3n) is 3.69. The van der Waals surface area contributed by atoms with Crippen molar-refractivity contribution in [3.63, 3.8) is 0 Å². The van der Waals surface area contributed by atoms with Gasteiger partial charge in [0.25, 0.3) is 0 Å². The molecule has 0 amide bonds. The molecule has 2 N–H and O–H groups in total. The zero-order valence-electron chi connectivity index (χ0n) is 13.6. The molecule has 0 fully saturated rings. The van der Waals surface area contributed by atoms with Crippen molar-refractivity contribution >= 4 is 0 Å². The molecule has 0 bridgehead atoms. The molecule has 0 radical (unpaired) electrons. The van der Waals surface area contributed by atoms with Crippen LogP contribution in [0.4, 0.5) is 0 Å². The van der Waals surface area contributed by atoms with Crippen molar-refractivity contribution in [1.82, 2.24) is 4.90 Å². The molecule has 1 unspecified atom stereocenters. The normalized spacial score (nSPS) is 14.2. The maximum atomic E-state index is 5.96. The highest BCUT2D eigenvalue weighted by atomic mass is 15.2. The summed E-state index contributed by atoms with van der Waals surface area (Å²) in [7, 11) is 0. The zero-order chi connectivity index (χ0) is 14.1. The Bertz CT molecular complexity index is 186. The lowest BCUT2D eigenvalue weighted by atomic mass is 9.95. The smallest absolute Gasteiger partial charge is 0.00902 e. The average molecular weight is 256 g/mol. The molecule has 18 heavy (non-hydrogen) atoms. The van der Waals surface area contributed by atoms with Crippen LogP contribution >= 0.6 is 0 Å². The molecule has 1 atom stereocenters. The Hall–Kier alpha value is -0.0800. The van der Waals surface area contributed by atoms with E-state index in [-0.39, 0.29) is 0 Å². The first kappa shape index (κ1) is 17.9. The van der Waals surface area contributed by atoms with Gasteiger partial charge >= 0.3 is 0 Å². The summed E-state index contributed by atoms with van der Waals surface area (Å²) in [5.41, 5.74) is 5.96. The fourth-order valence-electron chi connectivity index (χ4n) is 2.89. The monoisotopic (exact) mass is 256 g/mol. The fourth-order valence-corrected chi connectivity index (χ4v) is 2.89. The first-order valence-corrected chi connectivity index (χ1v) is 7.88. The van der Waals surface area contributed by atoms with E-state index in [1.165, 1.54) is 32.4 Å². The van der Waals surface area contributed by atoms with Gasteiger partial charge in [-0.1, -0.05) is 41.5 Å². The molecule has 0 aliphatic rings. The Kier molecular flexibility index (Phi) is 9.76. The quantitative estimate of drug-likeness (QED) is 0.645. The first-order chi connectivity index (χ1) is 8.44. The van der Waals surface area contributed by atoms with E-state index in [1.54, 1.807) is 0 Å². The van der Waals surface area contributed by atoms with Gasteiger partial charge in [-0.05, 0) is 43.6 Å². The molecule has 0 saturated heterocycles. The summed E-state index contributed by atoms with van der Waals surface area (Å²) in [6.45, 7) is 17.1. The second kappa shape index (κ2) is 9.80. The zero-order valence-corrected chi connectivity index (χ0v) is 13.6. The number of nitrogens with zero attached hydrogens (tertiary/aromatic N) is 1. The predicted molar refractivity (Wildman–Crippen MR) is 82.8 cm³/mol. The Morgan fingerprint density at radius 2 is 1.44 bits per heavy atom. The molecule has 0 aromatic rings. The Morgan fingerprint density at radius 1 is 0.889 bits per heavy atom. The van der Waals surface area contributed by atoms with Gasteiger partial charge in [0.05, 0.1) is 0 Å². The van der Waals surface area contributed by atoms with Crippen LogP contribution in [0.1, 0.15) is 60.8 Å². The van der Waals surface area contributed by atoms with Gasteiger partial charge in [0.1, 0.15) is 0 Å². The van der Waals surface area contributed by atoms with Crippen molar-refractivity contribution in [3.05, 3.63) is 0 Å². The van der Waals surface area contributed by atoms with Crippen LogP contribution in [0.25, 0.3) is 0 Å². The summed E-state index contributed by atoms with van der Waals surface area (Å²) in [6.07, 6.45) is 3.76. The maximum absolute atomic E-state index is 5.96. The van der Waals surface area contributed by atoms with Crippen molar-refractivity contribution in [2.24, 2.45) is 23.5 Å². The minimum Gasteiger partial charge on any atom is -0.330 e. The molecule has 0 aliphatic carbocycles. The summed E-state index contributed by atoms with van der Waals surface area (Å²) in [5.74, 6) is 2.15. The standard InChI is InChI=1S/C16H36N2/c1-7-16(8-2)18(11-14(5)6)12-15(10-17)9-13(3)4/h13-16H,7-12,17H2,1-6H3. The van der Waals surface area contributed by atoms with Crippen molar-refractivity contribution in [2.75, 3.05) is 19.6 Å². The Balaban J connectivity index is 4.53. The molecule has 0 rings (SSSR count). The molecule has 0 saturated carbocycles. The fraction of sp³-hybridized carbons (Fsp3) is 1.00. The van der Waals surface area contributed by atoms with Crippen molar-refractivity contribution in [1.29, 1.82) is 0 Å². The lowest BCUT2D eigenvalue weighted by molar-refractivity contribution is 0.135. The number of hydrogen-bond acceptors (Lipinski definition) is 2. The maximum Gasteiger partial charge on any atom is 0.00902 e. The molecule has 0 aromatic carbocycles. The second-order valence-corrected chi connectivity index (χ2v) is 6.55. The Labute approximate surface area is 115 Å². The Morgan fingerprint density at radius 3 is 1.78 bits per heavy atom. The van der Waals surface area contributed by atoms with Gasteiger partial charge in [0, 0.05) is 19.1 Å². The third-order valence-corrected chi connectivity index (χ3v) is 3.69. The van der Waals surface area contributed by atoms with Crippen LogP contribution in [0, 0.1) is 17.8 Å². The minimum atomic E-state index is 0.657. The summed E-state index contributed by atoms with van der Waals surface area (Å²) >= 11 is 0. The van der Waals surface area contributed by atoms with Crippen LogP contribution in [0.5, 0.6) is 0 Å². The number of hydrogen-bond donors (Lipinski definition) is 1.